The number of nitrogens with zero attached hydrogens (tertiary/aromatic N) is 6. The van der Waals surface area contributed by atoms with Gasteiger partial charge in [0, 0.05) is 71.2 Å². The monoisotopic (exact) mass is 800 g/mol. The average Bonchev–Trinajstić information content (AvgIpc) is 3.85. The van der Waals surface area contributed by atoms with E-state index in [0.717, 1.165) is 79.5 Å². The SMILES string of the molecule is CCC(=O)N[C@@H]1CCCC[C@H]1Nc1nc(-c2c[nH]c3ncccc23)ncc1F.COC(=O)N[C@@H]1CCCC[C@H]1Nc1nc(-c2c[nH]c3ncc(Cl)cc23)ncc1F. The van der Waals surface area contributed by atoms with Crippen LogP contribution in [-0.4, -0.2) is 83.1 Å². The van der Waals surface area contributed by atoms with Crippen molar-refractivity contribution in [3.63, 3.8) is 0 Å². The number of hydrogen-bond donors (Lipinski definition) is 6. The Labute approximate surface area is 331 Å². The summed E-state index contributed by atoms with van der Waals surface area (Å²) in [4.78, 5) is 55.2. The first-order valence-corrected chi connectivity index (χ1v) is 19.4. The summed E-state index contributed by atoms with van der Waals surface area (Å²) in [6, 6.07) is 5.08. The van der Waals surface area contributed by atoms with E-state index in [1.54, 1.807) is 30.9 Å². The number of nitrogens with one attached hydrogen (secondary N) is 6. The Hall–Kier alpha value is -5.97. The first-order chi connectivity index (χ1) is 27.7. The number of aromatic nitrogens is 8. The lowest BCUT2D eigenvalue weighted by molar-refractivity contribution is -0.121. The van der Waals surface area contributed by atoms with Gasteiger partial charge in [0.05, 0.1) is 30.6 Å². The summed E-state index contributed by atoms with van der Waals surface area (Å²) < 4.78 is 33.6. The van der Waals surface area contributed by atoms with Crippen molar-refractivity contribution in [1.29, 1.82) is 0 Å². The highest BCUT2D eigenvalue weighted by Gasteiger charge is 2.29. The smallest absolute Gasteiger partial charge is 0.407 e. The lowest BCUT2D eigenvalue weighted by Gasteiger charge is -2.33. The summed E-state index contributed by atoms with van der Waals surface area (Å²) >= 11 is 6.06. The first-order valence-electron chi connectivity index (χ1n) is 19.0. The third-order valence-corrected chi connectivity index (χ3v) is 10.5. The summed E-state index contributed by atoms with van der Waals surface area (Å²) in [6.07, 6.45) is 16.3. The van der Waals surface area contributed by atoms with Gasteiger partial charge >= 0.3 is 6.09 Å². The molecule has 0 saturated heterocycles. The molecule has 0 unspecified atom stereocenters. The van der Waals surface area contributed by atoms with Gasteiger partial charge in [-0.25, -0.2) is 43.5 Å². The minimum atomic E-state index is -0.563. The van der Waals surface area contributed by atoms with Crippen LogP contribution in [0.25, 0.3) is 44.8 Å². The molecule has 2 fully saturated rings. The van der Waals surface area contributed by atoms with Crippen LogP contribution in [-0.2, 0) is 9.53 Å². The Balaban J connectivity index is 0.000000174. The molecule has 6 N–H and O–H groups in total. The molecule has 0 radical (unpaired) electrons. The van der Waals surface area contributed by atoms with Crippen LogP contribution in [0, 0.1) is 11.6 Å². The molecule has 2 amide bonds. The molecule has 298 valence electrons. The Bertz CT molecular complexity index is 2360. The number of carbonyl (C=O) groups is 2. The number of methoxy groups -OCH3 is 1. The second kappa shape index (κ2) is 17.9. The van der Waals surface area contributed by atoms with Crippen LogP contribution in [0.3, 0.4) is 0 Å². The van der Waals surface area contributed by atoms with Crippen molar-refractivity contribution in [2.24, 2.45) is 0 Å². The largest absolute Gasteiger partial charge is 0.453 e. The number of alkyl carbamates (subject to hydrolysis) is 1. The number of rotatable bonds is 9. The van der Waals surface area contributed by atoms with Gasteiger partial charge in [0.2, 0.25) is 5.91 Å². The van der Waals surface area contributed by atoms with E-state index in [1.165, 1.54) is 13.3 Å². The second-order valence-corrected chi connectivity index (χ2v) is 14.4. The highest BCUT2D eigenvalue weighted by molar-refractivity contribution is 6.31. The van der Waals surface area contributed by atoms with E-state index < -0.39 is 17.7 Å². The molecular weight excluding hydrogens is 758 g/mol. The number of aromatic amines is 2. The van der Waals surface area contributed by atoms with E-state index in [1.807, 2.05) is 19.1 Å². The number of carbonyl (C=O) groups excluding carboxylic acids is 2. The maximum Gasteiger partial charge on any atom is 0.407 e. The van der Waals surface area contributed by atoms with Gasteiger partial charge in [-0.2, -0.15) is 0 Å². The predicted molar refractivity (Wildman–Crippen MR) is 212 cm³/mol. The number of pyridine rings is 2. The van der Waals surface area contributed by atoms with Crippen molar-refractivity contribution in [2.45, 2.75) is 88.9 Å². The van der Waals surface area contributed by atoms with Crippen LogP contribution in [0.5, 0.6) is 0 Å². The van der Waals surface area contributed by atoms with E-state index in [0.29, 0.717) is 34.3 Å². The van der Waals surface area contributed by atoms with Gasteiger partial charge in [-0.1, -0.05) is 44.2 Å². The quantitative estimate of drug-likeness (QED) is 0.0857. The van der Waals surface area contributed by atoms with Crippen molar-refractivity contribution in [3.05, 3.63) is 72.0 Å². The molecule has 6 aromatic rings. The van der Waals surface area contributed by atoms with Crippen molar-refractivity contribution in [1.82, 2.24) is 50.5 Å². The fraction of sp³-hybridized carbons (Fsp3) is 0.385. The topological polar surface area (TPSA) is 200 Å². The maximum atomic E-state index is 14.5. The molecule has 0 aromatic carbocycles. The third kappa shape index (κ3) is 9.20. The van der Waals surface area contributed by atoms with Gasteiger partial charge in [-0.15, -0.1) is 0 Å². The molecule has 0 aliphatic heterocycles. The van der Waals surface area contributed by atoms with Crippen LogP contribution >= 0.6 is 11.6 Å². The van der Waals surface area contributed by atoms with Crippen molar-refractivity contribution in [3.8, 4) is 22.8 Å². The minimum absolute atomic E-state index is 0.00819. The number of halogens is 3. The normalized spacial score (nSPS) is 19.3. The molecule has 6 heterocycles. The number of ether oxygens (including phenoxy) is 1. The van der Waals surface area contributed by atoms with Crippen LogP contribution in [0.15, 0.2) is 55.4 Å². The van der Waals surface area contributed by atoms with Gasteiger partial charge in [-0.3, -0.25) is 4.79 Å². The van der Waals surface area contributed by atoms with Crippen molar-refractivity contribution >= 4 is 57.3 Å². The van der Waals surface area contributed by atoms with Crippen molar-refractivity contribution < 1.29 is 23.1 Å². The molecule has 0 spiro atoms. The summed E-state index contributed by atoms with van der Waals surface area (Å²) in [5, 5.41) is 14.3. The highest BCUT2D eigenvalue weighted by Crippen LogP contribution is 2.31. The lowest BCUT2D eigenvalue weighted by Crippen LogP contribution is -2.48. The predicted octanol–water partition coefficient (Wildman–Crippen LogP) is 7.30. The highest BCUT2D eigenvalue weighted by atomic mass is 35.5. The lowest BCUT2D eigenvalue weighted by atomic mass is 9.90. The van der Waals surface area contributed by atoms with Gasteiger partial charge in [-0.05, 0) is 43.9 Å². The summed E-state index contributed by atoms with van der Waals surface area (Å²) in [7, 11) is 1.32. The molecule has 2 aliphatic carbocycles. The molecule has 57 heavy (non-hydrogen) atoms. The van der Waals surface area contributed by atoms with E-state index in [9.17, 15) is 18.4 Å². The van der Waals surface area contributed by atoms with Gasteiger partial charge in [0.25, 0.3) is 0 Å². The fourth-order valence-corrected chi connectivity index (χ4v) is 7.48. The van der Waals surface area contributed by atoms with Gasteiger partial charge in [0.1, 0.15) is 11.3 Å². The Morgan fingerprint density at radius 3 is 1.89 bits per heavy atom. The second-order valence-electron chi connectivity index (χ2n) is 14.0. The Morgan fingerprint density at radius 1 is 0.772 bits per heavy atom. The van der Waals surface area contributed by atoms with E-state index in [2.05, 4.69) is 61.1 Å². The number of H-pyrrole nitrogens is 2. The first kappa shape index (κ1) is 39.3. The number of fused-ring (bicyclic) bond motifs is 2. The average molecular weight is 801 g/mol. The minimum Gasteiger partial charge on any atom is -0.453 e. The summed E-state index contributed by atoms with van der Waals surface area (Å²) in [5.41, 5.74) is 2.81. The van der Waals surface area contributed by atoms with Crippen molar-refractivity contribution in [2.75, 3.05) is 17.7 Å². The van der Waals surface area contributed by atoms with Crippen LogP contribution in [0.1, 0.15) is 64.7 Å². The zero-order chi connectivity index (χ0) is 39.9. The molecule has 15 nitrogen and oxygen atoms in total. The molecule has 2 saturated carbocycles. The number of amides is 2. The molecule has 4 atom stereocenters. The van der Waals surface area contributed by atoms with Crippen LogP contribution < -0.4 is 21.3 Å². The van der Waals surface area contributed by atoms with Crippen LogP contribution in [0.2, 0.25) is 5.02 Å². The van der Waals surface area contributed by atoms with E-state index in [4.69, 9.17) is 16.3 Å². The summed E-state index contributed by atoms with van der Waals surface area (Å²) in [6.45, 7) is 1.83. The number of anilines is 2. The summed E-state index contributed by atoms with van der Waals surface area (Å²) in [5.74, 6) is -0.0479. The molecule has 18 heteroatoms. The maximum absolute atomic E-state index is 14.5. The molecule has 2 aliphatic rings. The van der Waals surface area contributed by atoms with E-state index in [-0.39, 0.29) is 41.7 Å². The number of hydrogen-bond acceptors (Lipinski definition) is 11. The van der Waals surface area contributed by atoms with E-state index >= 15 is 0 Å². The Kier molecular flexibility index (Phi) is 12.3. The fourth-order valence-electron chi connectivity index (χ4n) is 7.32. The molecular formula is C39H43ClF2N12O3. The standard InChI is InChI=1S/C20H23FN6O.C19H20ClFN6O2/c1-2-17(28)25-15-7-3-4-8-16(15)26-20-14(21)11-24-19(27-20)13-10-23-18-12(13)6-5-9-22-18;1-29-19(28)26-15-5-3-2-4-14(15)25-18-13(21)9-24-17(27-18)12-8-23-16-11(12)6-10(20)7-22-16/h5-6,9-11,15-16H,2-4,7-8H2,1H3,(H,22,23)(H,25,28)(H,24,26,27);6-9,14-15H,2-5H2,1H3,(H,22,23)(H,26,28)(H,24,25,27)/t15-,16-;14-,15-/m11/s1. The van der Waals surface area contributed by atoms with Crippen LogP contribution in [0.4, 0.5) is 25.2 Å². The van der Waals surface area contributed by atoms with Gasteiger partial charge in [0.15, 0.2) is 34.9 Å². The zero-order valence-corrected chi connectivity index (χ0v) is 32.2. The molecule has 8 rings (SSSR count). The zero-order valence-electron chi connectivity index (χ0n) is 31.4. The van der Waals surface area contributed by atoms with Gasteiger partial charge < -0.3 is 36.0 Å². The molecule has 0 bridgehead atoms. The molecule has 6 aromatic heterocycles. The Morgan fingerprint density at radius 2 is 1.32 bits per heavy atom. The third-order valence-electron chi connectivity index (χ3n) is 10.3.